The summed E-state index contributed by atoms with van der Waals surface area (Å²) < 4.78 is 6.35. The number of benzene rings is 2. The molecular formula is C22H27ClN2O2S. The van der Waals surface area contributed by atoms with E-state index >= 15 is 0 Å². The molecule has 2 N–H and O–H groups in total. The average molecular weight is 419 g/mol. The van der Waals surface area contributed by atoms with Crippen molar-refractivity contribution in [3.8, 4) is 0 Å². The summed E-state index contributed by atoms with van der Waals surface area (Å²) >= 11 is 8.02. The predicted octanol–water partition coefficient (Wildman–Crippen LogP) is 4.11. The van der Waals surface area contributed by atoms with Gasteiger partial charge in [0.1, 0.15) is 5.72 Å². The van der Waals surface area contributed by atoms with E-state index in [0.717, 1.165) is 37.6 Å². The summed E-state index contributed by atoms with van der Waals surface area (Å²) in [6.07, 6.45) is 1.33. The number of hydrogen-bond acceptors (Lipinski definition) is 5. The van der Waals surface area contributed by atoms with E-state index in [2.05, 4.69) is 40.5 Å². The summed E-state index contributed by atoms with van der Waals surface area (Å²) in [5.41, 5.74) is 1.58. The van der Waals surface area contributed by atoms with Crippen molar-refractivity contribution in [1.82, 2.24) is 10.2 Å². The highest BCUT2D eigenvalue weighted by molar-refractivity contribution is 7.99. The van der Waals surface area contributed by atoms with Crippen molar-refractivity contribution in [3.05, 3.63) is 58.6 Å². The minimum absolute atomic E-state index is 0.0396. The number of aliphatic hydroxyl groups is 1. The van der Waals surface area contributed by atoms with Crippen LogP contribution in [-0.2, 0) is 11.2 Å². The molecule has 4 nitrogen and oxygen atoms in total. The normalized spacial score (nSPS) is 22.0. The van der Waals surface area contributed by atoms with Crippen LogP contribution >= 0.6 is 23.4 Å². The Morgan fingerprint density at radius 3 is 2.82 bits per heavy atom. The third-order valence-electron chi connectivity index (χ3n) is 5.61. The number of fused-ring (bicyclic) bond motifs is 2. The van der Waals surface area contributed by atoms with Crippen molar-refractivity contribution in [1.29, 1.82) is 0 Å². The third kappa shape index (κ3) is 4.56. The first-order valence-corrected chi connectivity index (χ1v) is 11.1. The maximum Gasteiger partial charge on any atom is 0.117 e. The van der Waals surface area contributed by atoms with Crippen molar-refractivity contribution in [3.63, 3.8) is 0 Å². The van der Waals surface area contributed by atoms with E-state index in [9.17, 15) is 5.11 Å². The fourth-order valence-electron chi connectivity index (χ4n) is 3.92. The molecule has 1 fully saturated rings. The van der Waals surface area contributed by atoms with Crippen molar-refractivity contribution in [2.45, 2.75) is 41.4 Å². The van der Waals surface area contributed by atoms with Crippen molar-refractivity contribution in [2.75, 3.05) is 32.8 Å². The number of nitrogens with zero attached hydrogens (tertiary/aromatic N) is 1. The van der Waals surface area contributed by atoms with Crippen LogP contribution in [0.2, 0.25) is 5.02 Å². The lowest BCUT2D eigenvalue weighted by Crippen LogP contribution is -2.55. The number of hydrogen-bond donors (Lipinski definition) is 2. The van der Waals surface area contributed by atoms with Gasteiger partial charge in [-0.3, -0.25) is 4.90 Å². The van der Waals surface area contributed by atoms with Crippen LogP contribution in [0.3, 0.4) is 0 Å². The number of piperazine rings is 1. The first-order chi connectivity index (χ1) is 13.5. The Morgan fingerprint density at radius 1 is 1.21 bits per heavy atom. The van der Waals surface area contributed by atoms with Gasteiger partial charge in [0, 0.05) is 53.8 Å². The predicted molar refractivity (Wildman–Crippen MR) is 114 cm³/mol. The maximum absolute atomic E-state index is 10.9. The molecule has 0 amide bonds. The highest BCUT2D eigenvalue weighted by Crippen LogP contribution is 2.42. The van der Waals surface area contributed by atoms with Gasteiger partial charge < -0.3 is 15.2 Å². The lowest BCUT2D eigenvalue weighted by Gasteiger charge is -2.39. The van der Waals surface area contributed by atoms with Crippen LogP contribution in [0.4, 0.5) is 0 Å². The van der Waals surface area contributed by atoms with E-state index in [4.69, 9.17) is 16.3 Å². The van der Waals surface area contributed by atoms with Crippen LogP contribution in [0, 0.1) is 0 Å². The van der Waals surface area contributed by atoms with Gasteiger partial charge in [0.05, 0.1) is 12.7 Å². The molecule has 0 radical (unpaired) electrons. The van der Waals surface area contributed by atoms with Crippen LogP contribution < -0.4 is 5.32 Å². The lowest BCUT2D eigenvalue weighted by molar-refractivity contribution is -0.120. The van der Waals surface area contributed by atoms with Crippen LogP contribution in [0.15, 0.2) is 52.3 Å². The van der Waals surface area contributed by atoms with Gasteiger partial charge in [-0.15, -0.1) is 0 Å². The summed E-state index contributed by atoms with van der Waals surface area (Å²) in [5.74, 6) is 0. The number of halogens is 1. The van der Waals surface area contributed by atoms with Gasteiger partial charge in [-0.25, -0.2) is 0 Å². The van der Waals surface area contributed by atoms with Gasteiger partial charge in [-0.2, -0.15) is 0 Å². The summed E-state index contributed by atoms with van der Waals surface area (Å²) in [6, 6.07) is 14.5. The van der Waals surface area contributed by atoms with Gasteiger partial charge in [-0.1, -0.05) is 41.6 Å². The number of rotatable bonds is 5. The summed E-state index contributed by atoms with van der Waals surface area (Å²) in [7, 11) is 0. The second kappa shape index (κ2) is 8.74. The molecule has 1 saturated heterocycles. The monoisotopic (exact) mass is 418 g/mol. The van der Waals surface area contributed by atoms with Gasteiger partial charge in [0.15, 0.2) is 0 Å². The van der Waals surface area contributed by atoms with Gasteiger partial charge >= 0.3 is 0 Å². The largest absolute Gasteiger partial charge is 0.376 e. The zero-order chi connectivity index (χ0) is 19.6. The highest BCUT2D eigenvalue weighted by Gasteiger charge is 2.31. The molecule has 2 atom stereocenters. The summed E-state index contributed by atoms with van der Waals surface area (Å²) in [5, 5.41) is 15.0. The molecular weight excluding hydrogens is 392 g/mol. The molecule has 2 heterocycles. The van der Waals surface area contributed by atoms with Gasteiger partial charge in [-0.05, 0) is 42.3 Å². The Morgan fingerprint density at radius 2 is 2.00 bits per heavy atom. The van der Waals surface area contributed by atoms with E-state index in [1.54, 1.807) is 11.8 Å². The fraction of sp³-hybridized carbons (Fsp3) is 0.455. The second-order valence-electron chi connectivity index (χ2n) is 7.66. The first kappa shape index (κ1) is 20.2. The molecule has 2 aliphatic heterocycles. The molecule has 0 aliphatic carbocycles. The molecule has 0 aromatic heterocycles. The molecule has 0 saturated carbocycles. The van der Waals surface area contributed by atoms with Gasteiger partial charge in [0.2, 0.25) is 0 Å². The second-order valence-corrected chi connectivity index (χ2v) is 9.18. The summed E-state index contributed by atoms with van der Waals surface area (Å²) in [6.45, 7) is 5.97. The zero-order valence-corrected chi connectivity index (χ0v) is 17.7. The van der Waals surface area contributed by atoms with Crippen LogP contribution in [-0.4, -0.2) is 48.5 Å². The Bertz CT molecular complexity index is 824. The Labute approximate surface area is 176 Å². The average Bonchev–Trinajstić information content (AvgIpc) is 2.85. The quantitative estimate of drug-likeness (QED) is 0.765. The third-order valence-corrected chi connectivity index (χ3v) is 7.05. The van der Waals surface area contributed by atoms with Crippen molar-refractivity contribution >= 4 is 23.4 Å². The molecule has 150 valence electrons. The molecule has 0 bridgehead atoms. The maximum atomic E-state index is 10.9. The molecule has 28 heavy (non-hydrogen) atoms. The minimum atomic E-state index is -0.845. The van der Waals surface area contributed by atoms with Gasteiger partial charge in [0.25, 0.3) is 0 Å². The van der Waals surface area contributed by atoms with E-state index in [-0.39, 0.29) is 6.10 Å². The van der Waals surface area contributed by atoms with Crippen LogP contribution in [0.5, 0.6) is 0 Å². The molecule has 2 aliphatic rings. The SMILES string of the molecule is CC(O)(CCOC1Cc2cc(Cl)ccc2Sc2ccccc21)N1CCNCC1. The van der Waals surface area contributed by atoms with Crippen molar-refractivity contribution in [2.24, 2.45) is 0 Å². The number of ether oxygens (including phenoxy) is 1. The van der Waals surface area contributed by atoms with E-state index in [1.807, 2.05) is 19.1 Å². The van der Waals surface area contributed by atoms with E-state index in [0.29, 0.717) is 13.0 Å². The molecule has 4 rings (SSSR count). The van der Waals surface area contributed by atoms with E-state index in [1.165, 1.54) is 20.9 Å². The highest BCUT2D eigenvalue weighted by atomic mass is 35.5. The standard InChI is InChI=1S/C22H27ClN2O2S/c1-22(26,25-11-9-24-10-12-25)8-13-27-19-15-16-14-17(23)6-7-20(16)28-21-5-3-2-4-18(19)21/h2-7,14,19,24,26H,8-13,15H2,1H3. The van der Waals surface area contributed by atoms with Crippen LogP contribution in [0.1, 0.15) is 30.6 Å². The molecule has 2 unspecified atom stereocenters. The Kier molecular flexibility index (Phi) is 6.30. The van der Waals surface area contributed by atoms with Crippen LogP contribution in [0.25, 0.3) is 0 Å². The summed E-state index contributed by atoms with van der Waals surface area (Å²) in [4.78, 5) is 4.59. The Balaban J connectivity index is 1.48. The molecule has 0 spiro atoms. The molecule has 2 aromatic carbocycles. The number of nitrogens with one attached hydrogen (secondary N) is 1. The fourth-order valence-corrected chi connectivity index (χ4v) is 5.23. The smallest absolute Gasteiger partial charge is 0.117 e. The van der Waals surface area contributed by atoms with Crippen molar-refractivity contribution < 1.29 is 9.84 Å². The zero-order valence-electron chi connectivity index (χ0n) is 16.2. The minimum Gasteiger partial charge on any atom is -0.376 e. The molecule has 6 heteroatoms. The Hall–Kier alpha value is -1.08. The topological polar surface area (TPSA) is 44.7 Å². The lowest BCUT2D eigenvalue weighted by atomic mass is 10.0. The first-order valence-electron chi connectivity index (χ1n) is 9.88. The van der Waals surface area contributed by atoms with E-state index < -0.39 is 5.72 Å². The molecule has 2 aromatic rings.